The summed E-state index contributed by atoms with van der Waals surface area (Å²) in [6.07, 6.45) is 0.486. The van der Waals surface area contributed by atoms with Gasteiger partial charge in [-0.3, -0.25) is 9.59 Å². The summed E-state index contributed by atoms with van der Waals surface area (Å²) < 4.78 is 10.2. The zero-order valence-electron chi connectivity index (χ0n) is 16.9. The van der Waals surface area contributed by atoms with Gasteiger partial charge in [-0.15, -0.1) is 0 Å². The molecule has 164 valence electrons. The van der Waals surface area contributed by atoms with Crippen molar-refractivity contribution in [2.24, 2.45) is 0 Å². The smallest absolute Gasteiger partial charge is 0.295 e. The molecule has 0 bridgehead atoms. The van der Waals surface area contributed by atoms with Crippen molar-refractivity contribution in [3.8, 4) is 11.5 Å². The molecule has 3 rings (SSSR count). The van der Waals surface area contributed by atoms with Crippen LogP contribution in [0.5, 0.6) is 11.5 Å². The van der Waals surface area contributed by atoms with Gasteiger partial charge in [0.15, 0.2) is 0 Å². The second-order valence-electron chi connectivity index (χ2n) is 6.90. The quantitative estimate of drug-likeness (QED) is 0.275. The Morgan fingerprint density at radius 1 is 1.10 bits per heavy atom. The van der Waals surface area contributed by atoms with Crippen molar-refractivity contribution >= 4 is 40.7 Å². The molecular weight excluding hydrogens is 445 g/mol. The normalized spacial score (nSPS) is 17.9. The second-order valence-corrected chi connectivity index (χ2v) is 7.71. The van der Waals surface area contributed by atoms with E-state index in [1.807, 2.05) is 0 Å². The Morgan fingerprint density at radius 2 is 1.84 bits per heavy atom. The van der Waals surface area contributed by atoms with Gasteiger partial charge in [-0.1, -0.05) is 29.3 Å². The van der Waals surface area contributed by atoms with Gasteiger partial charge >= 0.3 is 0 Å². The Kier molecular flexibility index (Phi) is 7.10. The van der Waals surface area contributed by atoms with E-state index in [0.29, 0.717) is 24.3 Å². The van der Waals surface area contributed by atoms with Gasteiger partial charge in [-0.05, 0) is 42.3 Å². The van der Waals surface area contributed by atoms with Gasteiger partial charge in [0.05, 0.1) is 28.8 Å². The van der Waals surface area contributed by atoms with Crippen LogP contribution in [-0.2, 0) is 14.3 Å². The minimum absolute atomic E-state index is 0.0625. The molecule has 1 aliphatic rings. The maximum atomic E-state index is 12.9. The highest BCUT2D eigenvalue weighted by molar-refractivity contribution is 6.46. The van der Waals surface area contributed by atoms with E-state index in [4.69, 9.17) is 32.7 Å². The maximum Gasteiger partial charge on any atom is 0.295 e. The number of nitrogens with zero attached hydrogens (tertiary/aromatic N) is 1. The number of Topliss-reactive ketones (excluding diaryl/α,β-unsaturated/α-hetero) is 1. The third kappa shape index (κ3) is 4.49. The van der Waals surface area contributed by atoms with Crippen LogP contribution >= 0.6 is 23.2 Å². The van der Waals surface area contributed by atoms with Crippen LogP contribution < -0.4 is 4.74 Å². The number of methoxy groups -OCH3 is 2. The summed E-state index contributed by atoms with van der Waals surface area (Å²) in [5.74, 6) is -1.67. The van der Waals surface area contributed by atoms with Crippen molar-refractivity contribution in [3.05, 3.63) is 63.1 Å². The first-order chi connectivity index (χ1) is 14.8. The molecule has 2 N–H and O–H groups in total. The summed E-state index contributed by atoms with van der Waals surface area (Å²) in [6.45, 7) is 0.613. The number of amides is 1. The fourth-order valence-electron chi connectivity index (χ4n) is 3.50. The molecule has 1 fully saturated rings. The van der Waals surface area contributed by atoms with E-state index >= 15 is 0 Å². The highest BCUT2D eigenvalue weighted by Crippen LogP contribution is 2.41. The number of carbonyl (C=O) groups excluding carboxylic acids is 2. The number of rotatable bonds is 7. The van der Waals surface area contributed by atoms with Crippen LogP contribution in [0.1, 0.15) is 23.6 Å². The van der Waals surface area contributed by atoms with E-state index in [-0.39, 0.29) is 39.2 Å². The molecule has 1 aliphatic heterocycles. The van der Waals surface area contributed by atoms with Crippen LogP contribution in [0.3, 0.4) is 0 Å². The first-order valence-corrected chi connectivity index (χ1v) is 10.2. The van der Waals surface area contributed by atoms with Gasteiger partial charge in [0.1, 0.15) is 17.3 Å². The fraction of sp³-hybridized carbons (Fsp3) is 0.273. The molecular formula is C22H21Cl2NO6. The molecule has 1 atom stereocenters. The van der Waals surface area contributed by atoms with Crippen LogP contribution in [0.4, 0.5) is 0 Å². The molecule has 1 heterocycles. The van der Waals surface area contributed by atoms with Crippen molar-refractivity contribution in [2.45, 2.75) is 12.5 Å². The molecule has 0 aromatic heterocycles. The summed E-state index contributed by atoms with van der Waals surface area (Å²) in [4.78, 5) is 27.1. The number of phenols is 1. The molecule has 1 unspecified atom stereocenters. The van der Waals surface area contributed by atoms with Crippen molar-refractivity contribution in [1.82, 2.24) is 4.90 Å². The largest absolute Gasteiger partial charge is 0.507 e. The SMILES string of the molecule is COCCCN1C(=O)C(=O)/C(=C(\O)c2ccc(OC)c(Cl)c2)C1c1ccc(O)c(Cl)c1. The third-order valence-corrected chi connectivity index (χ3v) is 5.60. The monoisotopic (exact) mass is 465 g/mol. The van der Waals surface area contributed by atoms with E-state index in [2.05, 4.69) is 0 Å². The van der Waals surface area contributed by atoms with E-state index in [9.17, 15) is 19.8 Å². The topological polar surface area (TPSA) is 96.3 Å². The van der Waals surface area contributed by atoms with Gasteiger partial charge in [0, 0.05) is 25.8 Å². The van der Waals surface area contributed by atoms with Crippen LogP contribution in [-0.4, -0.2) is 54.2 Å². The lowest BCUT2D eigenvalue weighted by atomic mass is 9.95. The average molecular weight is 466 g/mol. The standard InChI is InChI=1S/C22H21Cl2NO6/c1-30-9-3-8-25-19(12-4-6-16(26)14(23)10-12)18(21(28)22(25)29)20(27)13-5-7-17(31-2)15(24)11-13/h4-7,10-11,19,26-27H,3,8-9H2,1-2H3/b20-18-. The molecule has 31 heavy (non-hydrogen) atoms. The number of aromatic hydroxyl groups is 1. The highest BCUT2D eigenvalue weighted by Gasteiger charge is 2.46. The van der Waals surface area contributed by atoms with Gasteiger partial charge in [-0.2, -0.15) is 0 Å². The third-order valence-electron chi connectivity index (χ3n) is 5.00. The first kappa shape index (κ1) is 22.9. The Labute approximate surface area is 189 Å². The minimum Gasteiger partial charge on any atom is -0.507 e. The molecule has 1 amide bonds. The molecule has 0 aliphatic carbocycles. The van der Waals surface area contributed by atoms with E-state index in [1.54, 1.807) is 25.3 Å². The molecule has 0 spiro atoms. The number of aliphatic hydroxyl groups excluding tert-OH is 1. The maximum absolute atomic E-state index is 12.9. The molecule has 9 heteroatoms. The molecule has 1 saturated heterocycles. The highest BCUT2D eigenvalue weighted by atomic mass is 35.5. The number of benzene rings is 2. The molecule has 0 radical (unpaired) electrons. The van der Waals surface area contributed by atoms with Crippen molar-refractivity contribution < 1.29 is 29.3 Å². The van der Waals surface area contributed by atoms with Gasteiger partial charge in [0.25, 0.3) is 11.7 Å². The summed E-state index contributed by atoms with van der Waals surface area (Å²) in [5.41, 5.74) is 0.640. The number of hydrogen-bond acceptors (Lipinski definition) is 6. The van der Waals surface area contributed by atoms with Gasteiger partial charge in [0.2, 0.25) is 0 Å². The minimum atomic E-state index is -0.893. The number of carbonyl (C=O) groups is 2. The summed E-state index contributed by atoms with van der Waals surface area (Å²) >= 11 is 12.2. The van der Waals surface area contributed by atoms with Crippen molar-refractivity contribution in [1.29, 1.82) is 0 Å². The lowest BCUT2D eigenvalue weighted by molar-refractivity contribution is -0.140. The lowest BCUT2D eigenvalue weighted by Crippen LogP contribution is -2.31. The van der Waals surface area contributed by atoms with Crippen molar-refractivity contribution in [2.75, 3.05) is 27.4 Å². The first-order valence-electron chi connectivity index (χ1n) is 9.39. The molecule has 2 aromatic rings. The van der Waals surface area contributed by atoms with Gasteiger partial charge in [-0.25, -0.2) is 0 Å². The van der Waals surface area contributed by atoms with Crippen LogP contribution in [0.2, 0.25) is 10.0 Å². The number of likely N-dealkylation sites (tertiary alicyclic amines) is 1. The van der Waals surface area contributed by atoms with Crippen molar-refractivity contribution in [3.63, 3.8) is 0 Å². The Morgan fingerprint density at radius 3 is 2.45 bits per heavy atom. The number of ketones is 1. The predicted molar refractivity (Wildman–Crippen MR) is 117 cm³/mol. The Balaban J connectivity index is 2.15. The number of hydrogen-bond donors (Lipinski definition) is 2. The number of phenolic OH excluding ortho intramolecular Hbond substituents is 1. The van der Waals surface area contributed by atoms with E-state index in [1.165, 1.54) is 30.2 Å². The molecule has 2 aromatic carbocycles. The van der Waals surface area contributed by atoms with Crippen LogP contribution in [0, 0.1) is 0 Å². The Bertz CT molecular complexity index is 1050. The average Bonchev–Trinajstić information content (AvgIpc) is 3.00. The number of halogens is 2. The summed E-state index contributed by atoms with van der Waals surface area (Å²) in [5, 5.41) is 21.1. The molecule has 0 saturated carbocycles. The zero-order valence-corrected chi connectivity index (χ0v) is 18.4. The summed E-state index contributed by atoms with van der Waals surface area (Å²) in [7, 11) is 3.00. The van der Waals surface area contributed by atoms with Crippen LogP contribution in [0.15, 0.2) is 42.0 Å². The Hall–Kier alpha value is -2.74. The second kappa shape index (κ2) is 9.60. The number of aliphatic hydroxyl groups is 1. The van der Waals surface area contributed by atoms with E-state index < -0.39 is 17.7 Å². The zero-order chi connectivity index (χ0) is 22.7. The van der Waals surface area contributed by atoms with Crippen LogP contribution in [0.25, 0.3) is 5.76 Å². The fourth-order valence-corrected chi connectivity index (χ4v) is 3.95. The molecule has 7 nitrogen and oxygen atoms in total. The number of ether oxygens (including phenoxy) is 2. The van der Waals surface area contributed by atoms with Gasteiger partial charge < -0.3 is 24.6 Å². The predicted octanol–water partition coefficient (Wildman–Crippen LogP) is 4.17. The van der Waals surface area contributed by atoms with E-state index in [0.717, 1.165) is 0 Å². The lowest BCUT2D eigenvalue weighted by Gasteiger charge is -2.25. The summed E-state index contributed by atoms with van der Waals surface area (Å²) in [6, 6.07) is 8.04.